The highest BCUT2D eigenvalue weighted by atomic mass is 16.3. The van der Waals surface area contributed by atoms with Crippen molar-refractivity contribution in [2.45, 2.75) is 31.7 Å². The fourth-order valence-corrected chi connectivity index (χ4v) is 2.56. The van der Waals surface area contributed by atoms with Crippen LogP contribution in [0.25, 0.3) is 0 Å². The number of anilines is 1. The third-order valence-electron chi connectivity index (χ3n) is 3.72. The summed E-state index contributed by atoms with van der Waals surface area (Å²) in [5, 5.41) is 5.96. The Labute approximate surface area is 112 Å². The number of hydrogen-bond acceptors (Lipinski definition) is 4. The first-order valence-electron chi connectivity index (χ1n) is 6.65. The van der Waals surface area contributed by atoms with E-state index in [4.69, 9.17) is 5.73 Å². The number of nitrogens with two attached hydrogens (primary N) is 1. The summed E-state index contributed by atoms with van der Waals surface area (Å²) in [6.07, 6.45) is 3.69. The van der Waals surface area contributed by atoms with E-state index in [9.17, 15) is 9.70 Å². The Morgan fingerprint density at radius 1 is 1.26 bits per heavy atom. The van der Waals surface area contributed by atoms with Crippen LogP contribution in [-0.4, -0.2) is 18.5 Å². The number of benzene rings is 1. The van der Waals surface area contributed by atoms with Gasteiger partial charge in [-0.1, -0.05) is 17.3 Å². The predicted molar refractivity (Wildman–Crippen MR) is 74.7 cm³/mol. The zero-order valence-corrected chi connectivity index (χ0v) is 10.8. The summed E-state index contributed by atoms with van der Waals surface area (Å²) >= 11 is 0. The Morgan fingerprint density at radius 2 is 1.95 bits per heavy atom. The minimum Gasteiger partial charge on any atom is -0.398 e. The first kappa shape index (κ1) is 13.5. The second-order valence-corrected chi connectivity index (χ2v) is 5.09. The molecule has 0 heterocycles. The number of nitrogens with zero attached hydrogens (tertiary/aromatic N) is 1. The van der Waals surface area contributed by atoms with Gasteiger partial charge in [0.2, 0.25) is 0 Å². The van der Waals surface area contributed by atoms with E-state index >= 15 is 0 Å². The van der Waals surface area contributed by atoms with Crippen molar-refractivity contribution in [1.29, 1.82) is 0 Å². The standard InChI is InChI=1S/C14H19N3O2/c15-13-4-2-1-3-12(13)14(18)17-11-7-5-10(6-8-11)9-16-19/h1-4,10-11H,5-9,15H2,(H,17,18). The number of nitrogen functional groups attached to an aromatic ring is 1. The number of amides is 1. The van der Waals surface area contributed by atoms with Gasteiger partial charge >= 0.3 is 0 Å². The lowest BCUT2D eigenvalue weighted by atomic mass is 9.86. The number of hydrogen-bond donors (Lipinski definition) is 2. The second kappa shape index (κ2) is 6.31. The van der Waals surface area contributed by atoms with Crippen molar-refractivity contribution in [2.24, 2.45) is 11.1 Å². The van der Waals surface area contributed by atoms with Crippen LogP contribution in [0.15, 0.2) is 29.4 Å². The minimum absolute atomic E-state index is 0.116. The van der Waals surface area contributed by atoms with Gasteiger partial charge in [-0.15, -0.1) is 0 Å². The van der Waals surface area contributed by atoms with Gasteiger partial charge in [0.15, 0.2) is 0 Å². The van der Waals surface area contributed by atoms with Crippen LogP contribution >= 0.6 is 0 Å². The number of carbonyl (C=O) groups is 1. The molecule has 1 amide bonds. The molecule has 0 bridgehead atoms. The van der Waals surface area contributed by atoms with Crippen LogP contribution in [-0.2, 0) is 0 Å². The molecule has 0 radical (unpaired) electrons. The lowest BCUT2D eigenvalue weighted by Crippen LogP contribution is -2.38. The van der Waals surface area contributed by atoms with Gasteiger partial charge in [0, 0.05) is 11.7 Å². The number of nitroso groups, excluding NO2 is 1. The molecular weight excluding hydrogens is 242 g/mol. The lowest BCUT2D eigenvalue weighted by molar-refractivity contribution is 0.0923. The molecule has 1 fully saturated rings. The SMILES string of the molecule is Nc1ccccc1C(=O)NC1CCC(CN=O)CC1. The van der Waals surface area contributed by atoms with Crippen molar-refractivity contribution >= 4 is 11.6 Å². The fraction of sp³-hybridized carbons (Fsp3) is 0.500. The van der Waals surface area contributed by atoms with Crippen molar-refractivity contribution in [3.8, 4) is 0 Å². The molecule has 0 aliphatic heterocycles. The molecule has 0 spiro atoms. The first-order chi connectivity index (χ1) is 9.20. The molecule has 0 saturated heterocycles. The molecule has 2 rings (SSSR count). The molecule has 0 unspecified atom stereocenters. The number of carbonyl (C=O) groups excluding carboxylic acids is 1. The highest BCUT2D eigenvalue weighted by Crippen LogP contribution is 2.25. The minimum atomic E-state index is -0.116. The molecule has 1 saturated carbocycles. The third kappa shape index (κ3) is 3.53. The Hall–Kier alpha value is -1.91. The molecule has 1 aliphatic carbocycles. The molecule has 19 heavy (non-hydrogen) atoms. The molecule has 0 aromatic heterocycles. The largest absolute Gasteiger partial charge is 0.398 e. The van der Waals surface area contributed by atoms with Gasteiger partial charge in [-0.05, 0) is 43.7 Å². The summed E-state index contributed by atoms with van der Waals surface area (Å²) in [6.45, 7) is 0.395. The molecule has 1 aliphatic rings. The van der Waals surface area contributed by atoms with Crippen LogP contribution in [0.2, 0.25) is 0 Å². The molecule has 3 N–H and O–H groups in total. The summed E-state index contributed by atoms with van der Waals surface area (Å²) in [4.78, 5) is 22.3. The van der Waals surface area contributed by atoms with E-state index in [1.165, 1.54) is 0 Å². The van der Waals surface area contributed by atoms with Crippen molar-refractivity contribution in [2.75, 3.05) is 12.3 Å². The highest BCUT2D eigenvalue weighted by molar-refractivity contribution is 5.99. The summed E-state index contributed by atoms with van der Waals surface area (Å²) in [5.74, 6) is 0.266. The van der Waals surface area contributed by atoms with E-state index in [1.807, 2.05) is 6.07 Å². The van der Waals surface area contributed by atoms with E-state index < -0.39 is 0 Å². The zero-order chi connectivity index (χ0) is 13.7. The van der Waals surface area contributed by atoms with Gasteiger partial charge in [0.05, 0.1) is 12.1 Å². The van der Waals surface area contributed by atoms with Crippen LogP contribution in [0.5, 0.6) is 0 Å². The maximum Gasteiger partial charge on any atom is 0.253 e. The van der Waals surface area contributed by atoms with Gasteiger partial charge in [0.25, 0.3) is 5.91 Å². The van der Waals surface area contributed by atoms with Crippen LogP contribution < -0.4 is 11.1 Å². The van der Waals surface area contributed by atoms with Crippen molar-refractivity contribution in [3.05, 3.63) is 34.7 Å². The number of para-hydroxylation sites is 1. The van der Waals surface area contributed by atoms with Crippen molar-refractivity contribution in [1.82, 2.24) is 5.32 Å². The maximum atomic E-state index is 12.1. The summed E-state index contributed by atoms with van der Waals surface area (Å²) in [5.41, 5.74) is 6.81. The molecule has 0 atom stereocenters. The van der Waals surface area contributed by atoms with Gasteiger partial charge in [0.1, 0.15) is 0 Å². The molecule has 5 heteroatoms. The third-order valence-corrected chi connectivity index (χ3v) is 3.72. The second-order valence-electron chi connectivity index (χ2n) is 5.09. The van der Waals surface area contributed by atoms with Gasteiger partial charge < -0.3 is 11.1 Å². The van der Waals surface area contributed by atoms with Crippen LogP contribution in [0.4, 0.5) is 5.69 Å². The molecule has 102 valence electrons. The van der Waals surface area contributed by atoms with E-state index in [2.05, 4.69) is 10.5 Å². The Bertz CT molecular complexity index is 454. The van der Waals surface area contributed by atoms with Crippen LogP contribution in [0, 0.1) is 10.8 Å². The average molecular weight is 261 g/mol. The Balaban J connectivity index is 1.87. The highest BCUT2D eigenvalue weighted by Gasteiger charge is 2.23. The zero-order valence-electron chi connectivity index (χ0n) is 10.8. The molecule has 1 aromatic rings. The lowest BCUT2D eigenvalue weighted by Gasteiger charge is -2.27. The van der Waals surface area contributed by atoms with E-state index in [0.29, 0.717) is 23.7 Å². The first-order valence-corrected chi connectivity index (χ1v) is 6.65. The molecule has 1 aromatic carbocycles. The van der Waals surface area contributed by atoms with Gasteiger partial charge in [-0.25, -0.2) is 0 Å². The van der Waals surface area contributed by atoms with E-state index in [1.54, 1.807) is 18.2 Å². The summed E-state index contributed by atoms with van der Waals surface area (Å²) < 4.78 is 0. The summed E-state index contributed by atoms with van der Waals surface area (Å²) in [6, 6.07) is 7.24. The monoisotopic (exact) mass is 261 g/mol. The average Bonchev–Trinajstić information content (AvgIpc) is 2.42. The Morgan fingerprint density at radius 3 is 2.58 bits per heavy atom. The van der Waals surface area contributed by atoms with Gasteiger partial charge in [-0.2, -0.15) is 4.91 Å². The normalized spacial score (nSPS) is 22.7. The van der Waals surface area contributed by atoms with E-state index in [-0.39, 0.29) is 11.9 Å². The maximum absolute atomic E-state index is 12.1. The van der Waals surface area contributed by atoms with Crippen LogP contribution in [0.1, 0.15) is 36.0 Å². The van der Waals surface area contributed by atoms with E-state index in [0.717, 1.165) is 25.7 Å². The topological polar surface area (TPSA) is 84.6 Å². The molecule has 5 nitrogen and oxygen atoms in total. The molecular formula is C14H19N3O2. The number of nitrogens with one attached hydrogen (secondary N) is 1. The quantitative estimate of drug-likeness (QED) is 0.644. The van der Waals surface area contributed by atoms with Crippen LogP contribution in [0.3, 0.4) is 0 Å². The van der Waals surface area contributed by atoms with Crippen molar-refractivity contribution in [3.63, 3.8) is 0 Å². The number of rotatable bonds is 4. The predicted octanol–water partition coefficient (Wildman–Crippen LogP) is 2.32. The summed E-state index contributed by atoms with van der Waals surface area (Å²) in [7, 11) is 0. The fourth-order valence-electron chi connectivity index (χ4n) is 2.56. The van der Waals surface area contributed by atoms with Gasteiger partial charge in [-0.3, -0.25) is 4.79 Å². The smallest absolute Gasteiger partial charge is 0.253 e. The Kier molecular flexibility index (Phi) is 4.49. The van der Waals surface area contributed by atoms with Crippen molar-refractivity contribution < 1.29 is 4.79 Å².